The van der Waals surface area contributed by atoms with Crippen LogP contribution in [0.4, 0.5) is 0 Å². The normalized spacial score (nSPS) is 18.0. The Morgan fingerprint density at radius 1 is 1.23 bits per heavy atom. The van der Waals surface area contributed by atoms with E-state index in [9.17, 15) is 0 Å². The molecule has 0 unspecified atom stereocenters. The summed E-state index contributed by atoms with van der Waals surface area (Å²) in [5, 5.41) is 5.80. The zero-order valence-electron chi connectivity index (χ0n) is 16.7. The molecule has 0 saturated heterocycles. The summed E-state index contributed by atoms with van der Waals surface area (Å²) < 4.78 is 8.36. The second-order valence-electron chi connectivity index (χ2n) is 8.03. The molecule has 0 radical (unpaired) electrons. The van der Waals surface area contributed by atoms with Crippen molar-refractivity contribution in [3.05, 3.63) is 30.5 Å². The number of nitrogens with zero attached hydrogens (tertiary/aromatic N) is 3. The van der Waals surface area contributed by atoms with E-state index in [0.29, 0.717) is 18.1 Å². The Morgan fingerprint density at radius 3 is 2.77 bits per heavy atom. The first-order valence-electron chi connectivity index (χ1n) is 10.4. The van der Waals surface area contributed by atoms with Crippen molar-refractivity contribution >= 4 is 10.9 Å². The molecule has 1 fully saturated rings. The summed E-state index contributed by atoms with van der Waals surface area (Å²) in [4.78, 5) is 2.56. The van der Waals surface area contributed by atoms with Crippen LogP contribution < -0.4 is 0 Å². The van der Waals surface area contributed by atoms with Crippen LogP contribution in [0.25, 0.3) is 10.9 Å². The predicted octanol–water partition coefficient (Wildman–Crippen LogP) is 4.73. The fraction of sp³-hybridized carbons (Fsp3) is 0.682. The van der Waals surface area contributed by atoms with Crippen molar-refractivity contribution in [1.29, 1.82) is 0 Å². The van der Waals surface area contributed by atoms with Gasteiger partial charge >= 0.3 is 0 Å². The number of benzene rings is 1. The Balaban J connectivity index is 1.44. The van der Waals surface area contributed by atoms with Gasteiger partial charge in [0.05, 0.1) is 23.9 Å². The van der Waals surface area contributed by atoms with Crippen LogP contribution in [0, 0.1) is 5.92 Å². The maximum Gasteiger partial charge on any atom is 0.0682 e. The molecule has 26 heavy (non-hydrogen) atoms. The number of para-hydroxylation sites is 1. The molecule has 4 heteroatoms. The Labute approximate surface area is 158 Å². The van der Waals surface area contributed by atoms with E-state index in [1.807, 2.05) is 6.20 Å². The van der Waals surface area contributed by atoms with Gasteiger partial charge in [0.1, 0.15) is 0 Å². The van der Waals surface area contributed by atoms with Gasteiger partial charge in [-0.1, -0.05) is 44.9 Å². The number of hydrogen-bond donors (Lipinski definition) is 0. The minimum Gasteiger partial charge on any atom is -0.375 e. The number of fused-ring (bicyclic) bond motifs is 1. The van der Waals surface area contributed by atoms with E-state index >= 15 is 0 Å². The molecule has 0 bridgehead atoms. The summed E-state index contributed by atoms with van der Waals surface area (Å²) >= 11 is 0. The van der Waals surface area contributed by atoms with Gasteiger partial charge in [-0.15, -0.1) is 0 Å². The quantitative estimate of drug-likeness (QED) is 0.616. The maximum atomic E-state index is 6.20. The standard InChI is InChI=1S/C22H35N3O/c1-4-24(14-13-19(3)26-21-10-6-7-11-21)16-18(2)17-25-22-12-8-5-9-20(22)15-23-25/h5,8-9,12,15,18-19,21H,4,6-7,10-11,13-14,16-17H2,1-3H3/t18-,19+/m1/s1. The molecule has 0 amide bonds. The second kappa shape index (κ2) is 9.52. The van der Waals surface area contributed by atoms with E-state index in [1.165, 1.54) is 36.6 Å². The fourth-order valence-corrected chi connectivity index (χ4v) is 4.13. The van der Waals surface area contributed by atoms with E-state index < -0.39 is 0 Å². The summed E-state index contributed by atoms with van der Waals surface area (Å²) in [5.74, 6) is 0.573. The van der Waals surface area contributed by atoms with E-state index in [0.717, 1.165) is 32.6 Å². The fourth-order valence-electron chi connectivity index (χ4n) is 4.13. The Bertz CT molecular complexity index is 662. The molecule has 3 rings (SSSR count). The van der Waals surface area contributed by atoms with Crippen molar-refractivity contribution in [2.45, 2.75) is 71.6 Å². The minimum atomic E-state index is 0.373. The lowest BCUT2D eigenvalue weighted by Gasteiger charge is -2.26. The molecule has 0 aliphatic heterocycles. The van der Waals surface area contributed by atoms with Crippen LogP contribution in [0.3, 0.4) is 0 Å². The van der Waals surface area contributed by atoms with Crippen LogP contribution >= 0.6 is 0 Å². The first-order chi connectivity index (χ1) is 12.7. The zero-order chi connectivity index (χ0) is 18.4. The Morgan fingerprint density at radius 2 is 2.00 bits per heavy atom. The van der Waals surface area contributed by atoms with Gasteiger partial charge < -0.3 is 9.64 Å². The zero-order valence-corrected chi connectivity index (χ0v) is 16.7. The highest BCUT2D eigenvalue weighted by molar-refractivity contribution is 5.78. The number of rotatable bonds is 10. The summed E-state index contributed by atoms with van der Waals surface area (Å²) in [6, 6.07) is 8.46. The van der Waals surface area contributed by atoms with Crippen molar-refractivity contribution in [3.8, 4) is 0 Å². The van der Waals surface area contributed by atoms with Crippen molar-refractivity contribution < 1.29 is 4.74 Å². The van der Waals surface area contributed by atoms with Crippen LogP contribution in [0.15, 0.2) is 30.5 Å². The van der Waals surface area contributed by atoms with Crippen LogP contribution in [-0.4, -0.2) is 46.5 Å². The van der Waals surface area contributed by atoms with Crippen LogP contribution in [-0.2, 0) is 11.3 Å². The van der Waals surface area contributed by atoms with Gasteiger partial charge in [0.25, 0.3) is 0 Å². The van der Waals surface area contributed by atoms with E-state index in [2.05, 4.69) is 59.7 Å². The molecule has 1 aromatic heterocycles. The summed E-state index contributed by atoms with van der Waals surface area (Å²) in [6.07, 6.45) is 9.21. The molecular formula is C22H35N3O. The van der Waals surface area contributed by atoms with Gasteiger partial charge in [0.2, 0.25) is 0 Å². The molecule has 1 aliphatic carbocycles. The molecule has 1 heterocycles. The molecule has 1 aromatic carbocycles. The van der Waals surface area contributed by atoms with Gasteiger partial charge in [-0.2, -0.15) is 5.10 Å². The largest absolute Gasteiger partial charge is 0.375 e. The molecule has 1 aliphatic rings. The topological polar surface area (TPSA) is 30.3 Å². The summed E-state index contributed by atoms with van der Waals surface area (Å²) in [6.45, 7) is 11.1. The van der Waals surface area contributed by atoms with Gasteiger partial charge in [0.15, 0.2) is 0 Å². The average Bonchev–Trinajstić information content (AvgIpc) is 3.29. The molecule has 1 saturated carbocycles. The monoisotopic (exact) mass is 357 g/mol. The van der Waals surface area contributed by atoms with Crippen LogP contribution in [0.1, 0.15) is 52.9 Å². The van der Waals surface area contributed by atoms with E-state index in [-0.39, 0.29) is 0 Å². The van der Waals surface area contributed by atoms with Gasteiger partial charge in [-0.25, -0.2) is 0 Å². The number of ether oxygens (including phenoxy) is 1. The SMILES string of the molecule is CCN(CC[C@H](C)OC1CCCC1)C[C@@H](C)Cn1ncc2ccccc21. The molecule has 2 atom stereocenters. The van der Waals surface area contributed by atoms with Gasteiger partial charge in [0, 0.05) is 25.0 Å². The van der Waals surface area contributed by atoms with Gasteiger partial charge in [-0.3, -0.25) is 4.68 Å². The highest BCUT2D eigenvalue weighted by atomic mass is 16.5. The Hall–Kier alpha value is -1.39. The lowest BCUT2D eigenvalue weighted by Crippen LogP contribution is -2.33. The maximum absolute atomic E-state index is 6.20. The second-order valence-corrected chi connectivity index (χ2v) is 8.03. The molecule has 2 aromatic rings. The molecule has 0 spiro atoms. The average molecular weight is 358 g/mol. The third-order valence-electron chi connectivity index (χ3n) is 5.63. The lowest BCUT2D eigenvalue weighted by molar-refractivity contribution is -0.00661. The third kappa shape index (κ3) is 5.31. The lowest BCUT2D eigenvalue weighted by atomic mass is 10.1. The smallest absolute Gasteiger partial charge is 0.0682 e. The molecule has 4 nitrogen and oxygen atoms in total. The predicted molar refractivity (Wildman–Crippen MR) is 108 cm³/mol. The van der Waals surface area contributed by atoms with Crippen LogP contribution in [0.2, 0.25) is 0 Å². The van der Waals surface area contributed by atoms with Crippen molar-refractivity contribution in [2.75, 3.05) is 19.6 Å². The van der Waals surface area contributed by atoms with Crippen molar-refractivity contribution in [2.24, 2.45) is 5.92 Å². The molecule has 144 valence electrons. The molecule has 0 N–H and O–H groups in total. The highest BCUT2D eigenvalue weighted by Crippen LogP contribution is 2.23. The van der Waals surface area contributed by atoms with Crippen molar-refractivity contribution in [3.63, 3.8) is 0 Å². The van der Waals surface area contributed by atoms with Gasteiger partial charge in [-0.05, 0) is 44.7 Å². The highest BCUT2D eigenvalue weighted by Gasteiger charge is 2.19. The third-order valence-corrected chi connectivity index (χ3v) is 5.63. The van der Waals surface area contributed by atoms with Crippen molar-refractivity contribution in [1.82, 2.24) is 14.7 Å². The summed E-state index contributed by atoms with van der Waals surface area (Å²) in [7, 11) is 0. The Kier molecular flexibility index (Phi) is 7.09. The minimum absolute atomic E-state index is 0.373. The molecular weight excluding hydrogens is 322 g/mol. The van der Waals surface area contributed by atoms with Crippen LogP contribution in [0.5, 0.6) is 0 Å². The number of aromatic nitrogens is 2. The van der Waals surface area contributed by atoms with E-state index in [4.69, 9.17) is 4.74 Å². The first-order valence-corrected chi connectivity index (χ1v) is 10.4. The first kappa shape index (κ1) is 19.4. The van der Waals surface area contributed by atoms with E-state index in [1.54, 1.807) is 0 Å². The summed E-state index contributed by atoms with van der Waals surface area (Å²) in [5.41, 5.74) is 1.24. The number of hydrogen-bond acceptors (Lipinski definition) is 3.